The van der Waals surface area contributed by atoms with Crippen molar-refractivity contribution in [3.8, 4) is 5.75 Å². The summed E-state index contributed by atoms with van der Waals surface area (Å²) >= 11 is 0. The van der Waals surface area contributed by atoms with E-state index >= 15 is 0 Å². The Hall–Kier alpha value is -1.06. The van der Waals surface area contributed by atoms with Gasteiger partial charge in [-0.05, 0) is 58.2 Å². The Morgan fingerprint density at radius 3 is 2.50 bits per heavy atom. The van der Waals surface area contributed by atoms with Gasteiger partial charge in [0.1, 0.15) is 5.75 Å². The van der Waals surface area contributed by atoms with Crippen molar-refractivity contribution in [1.82, 2.24) is 5.32 Å². The molecule has 0 spiro atoms. The maximum Gasteiger partial charge on any atom is 0.119 e. The van der Waals surface area contributed by atoms with Crippen molar-refractivity contribution in [3.05, 3.63) is 29.8 Å². The quantitative estimate of drug-likeness (QED) is 0.890. The van der Waals surface area contributed by atoms with Crippen LogP contribution >= 0.6 is 0 Å². The Labute approximate surface area is 122 Å². The van der Waals surface area contributed by atoms with Crippen molar-refractivity contribution < 1.29 is 9.47 Å². The van der Waals surface area contributed by atoms with Gasteiger partial charge in [0.05, 0.1) is 12.2 Å². The van der Waals surface area contributed by atoms with Gasteiger partial charge in [-0.15, -0.1) is 0 Å². The van der Waals surface area contributed by atoms with Gasteiger partial charge in [-0.1, -0.05) is 12.1 Å². The highest BCUT2D eigenvalue weighted by atomic mass is 16.5. The fourth-order valence-corrected chi connectivity index (χ4v) is 2.71. The van der Waals surface area contributed by atoms with Crippen LogP contribution in [0.25, 0.3) is 0 Å². The van der Waals surface area contributed by atoms with Gasteiger partial charge in [0.15, 0.2) is 0 Å². The first-order valence-corrected chi connectivity index (χ1v) is 7.69. The van der Waals surface area contributed by atoms with E-state index in [1.165, 1.54) is 5.56 Å². The molecule has 1 N–H and O–H groups in total. The van der Waals surface area contributed by atoms with Gasteiger partial charge < -0.3 is 14.8 Å². The fraction of sp³-hybridized carbons (Fsp3) is 0.647. The average Bonchev–Trinajstić information content (AvgIpc) is 2.38. The molecule has 0 aliphatic carbocycles. The van der Waals surface area contributed by atoms with Crippen LogP contribution in [0.5, 0.6) is 5.75 Å². The summed E-state index contributed by atoms with van der Waals surface area (Å²) in [5.41, 5.74) is 1.31. The topological polar surface area (TPSA) is 30.5 Å². The molecule has 2 rings (SSSR count). The van der Waals surface area contributed by atoms with E-state index < -0.39 is 0 Å². The minimum absolute atomic E-state index is 0.222. The predicted octanol–water partition coefficient (Wildman–Crippen LogP) is 3.69. The fourth-order valence-electron chi connectivity index (χ4n) is 2.71. The summed E-state index contributed by atoms with van der Waals surface area (Å²) in [6.45, 7) is 9.33. The molecule has 0 radical (unpaired) electrons. The highest BCUT2D eigenvalue weighted by Gasteiger charge is 2.20. The third-order valence-electron chi connectivity index (χ3n) is 3.72. The molecular formula is C17H27NO2. The Morgan fingerprint density at radius 2 is 1.90 bits per heavy atom. The zero-order valence-corrected chi connectivity index (χ0v) is 13.1. The third kappa shape index (κ3) is 4.50. The van der Waals surface area contributed by atoms with Crippen LogP contribution in [0.1, 0.15) is 52.1 Å². The summed E-state index contributed by atoms with van der Waals surface area (Å²) in [6, 6.07) is 9.33. The first-order chi connectivity index (χ1) is 9.54. The van der Waals surface area contributed by atoms with Crippen LogP contribution < -0.4 is 10.1 Å². The van der Waals surface area contributed by atoms with E-state index in [9.17, 15) is 0 Å². The first-order valence-electron chi connectivity index (χ1n) is 7.69. The molecule has 1 aliphatic heterocycles. The molecule has 3 nitrogen and oxygen atoms in total. The Morgan fingerprint density at radius 1 is 1.20 bits per heavy atom. The summed E-state index contributed by atoms with van der Waals surface area (Å²) in [7, 11) is 0. The number of hydrogen-bond donors (Lipinski definition) is 1. The second kappa shape index (κ2) is 7.09. The molecule has 1 fully saturated rings. The lowest BCUT2D eigenvalue weighted by molar-refractivity contribution is 0.0116. The van der Waals surface area contributed by atoms with Gasteiger partial charge >= 0.3 is 0 Å². The number of rotatable bonds is 5. The molecule has 1 aliphatic rings. The molecule has 1 saturated heterocycles. The minimum atomic E-state index is 0.222. The van der Waals surface area contributed by atoms with Crippen LogP contribution in [0.3, 0.4) is 0 Å². The maximum absolute atomic E-state index is 5.68. The molecule has 0 bridgehead atoms. The van der Waals surface area contributed by atoms with Crippen molar-refractivity contribution in [2.24, 2.45) is 0 Å². The summed E-state index contributed by atoms with van der Waals surface area (Å²) in [6.07, 6.45) is 2.79. The van der Waals surface area contributed by atoms with Gasteiger partial charge in [0.2, 0.25) is 0 Å². The van der Waals surface area contributed by atoms with Crippen LogP contribution in [-0.2, 0) is 4.74 Å². The van der Waals surface area contributed by atoms with Gasteiger partial charge in [0, 0.05) is 18.7 Å². The van der Waals surface area contributed by atoms with Gasteiger partial charge in [-0.2, -0.15) is 0 Å². The second-order valence-corrected chi connectivity index (χ2v) is 6.03. The van der Waals surface area contributed by atoms with Crippen LogP contribution in [0.15, 0.2) is 24.3 Å². The summed E-state index contributed by atoms with van der Waals surface area (Å²) in [5, 5.41) is 3.70. The number of nitrogens with one attached hydrogen (secondary N) is 1. The van der Waals surface area contributed by atoms with E-state index in [0.717, 1.165) is 25.2 Å². The third-order valence-corrected chi connectivity index (χ3v) is 3.72. The lowest BCUT2D eigenvalue weighted by atomic mass is 10.0. The zero-order chi connectivity index (χ0) is 14.5. The second-order valence-electron chi connectivity index (χ2n) is 6.03. The molecule has 20 heavy (non-hydrogen) atoms. The lowest BCUT2D eigenvalue weighted by Gasteiger charge is -2.30. The van der Waals surface area contributed by atoms with E-state index in [4.69, 9.17) is 9.47 Å². The van der Waals surface area contributed by atoms with Gasteiger partial charge in [0.25, 0.3) is 0 Å². The van der Waals surface area contributed by atoms with E-state index in [1.807, 2.05) is 13.8 Å². The normalized spacial score (nSPS) is 24.6. The lowest BCUT2D eigenvalue weighted by Crippen LogP contribution is -2.39. The first kappa shape index (κ1) is 15.3. The van der Waals surface area contributed by atoms with E-state index in [1.54, 1.807) is 0 Å². The highest BCUT2D eigenvalue weighted by molar-refractivity contribution is 5.29. The molecule has 0 amide bonds. The number of hydrogen-bond acceptors (Lipinski definition) is 3. The molecule has 1 heterocycles. The van der Waals surface area contributed by atoms with Crippen LogP contribution in [-0.4, -0.2) is 24.9 Å². The Bertz CT molecular complexity index is 402. The Kier molecular flexibility index (Phi) is 5.44. The standard InChI is InChI=1S/C17H27NO2/c1-12(2)20-17-7-5-15(6-8-17)14(4)18-16-9-10-19-13(3)11-16/h5-8,12-14,16,18H,9-11H2,1-4H3. The van der Waals surface area contributed by atoms with Crippen molar-refractivity contribution in [2.45, 2.75) is 64.8 Å². The highest BCUT2D eigenvalue weighted by Crippen LogP contribution is 2.21. The van der Waals surface area contributed by atoms with E-state index in [0.29, 0.717) is 18.2 Å². The molecule has 112 valence electrons. The molecule has 1 aromatic carbocycles. The summed E-state index contributed by atoms with van der Waals surface area (Å²) < 4.78 is 11.3. The molecule has 3 atom stereocenters. The molecule has 0 saturated carbocycles. The van der Waals surface area contributed by atoms with Crippen molar-refractivity contribution in [1.29, 1.82) is 0 Å². The average molecular weight is 277 g/mol. The van der Waals surface area contributed by atoms with E-state index in [2.05, 4.69) is 43.4 Å². The molecule has 1 aromatic rings. The summed E-state index contributed by atoms with van der Waals surface area (Å²) in [5.74, 6) is 0.940. The van der Waals surface area contributed by atoms with Crippen molar-refractivity contribution in [3.63, 3.8) is 0 Å². The summed E-state index contributed by atoms with van der Waals surface area (Å²) in [4.78, 5) is 0. The van der Waals surface area contributed by atoms with Gasteiger partial charge in [-0.3, -0.25) is 0 Å². The Balaban J connectivity index is 1.90. The smallest absolute Gasteiger partial charge is 0.119 e. The molecular weight excluding hydrogens is 250 g/mol. The predicted molar refractivity (Wildman–Crippen MR) is 82.2 cm³/mol. The van der Waals surface area contributed by atoms with Crippen LogP contribution in [0, 0.1) is 0 Å². The van der Waals surface area contributed by atoms with E-state index in [-0.39, 0.29) is 6.10 Å². The zero-order valence-electron chi connectivity index (χ0n) is 13.1. The monoisotopic (exact) mass is 277 g/mol. The van der Waals surface area contributed by atoms with Crippen molar-refractivity contribution in [2.75, 3.05) is 6.61 Å². The number of ether oxygens (including phenoxy) is 2. The van der Waals surface area contributed by atoms with Crippen LogP contribution in [0.2, 0.25) is 0 Å². The SMILES string of the molecule is CC(C)Oc1ccc(C(C)NC2CCOC(C)C2)cc1. The van der Waals surface area contributed by atoms with Crippen molar-refractivity contribution >= 4 is 0 Å². The molecule has 0 aromatic heterocycles. The molecule has 3 unspecified atom stereocenters. The molecule has 3 heteroatoms. The van der Waals surface area contributed by atoms with Gasteiger partial charge in [-0.25, -0.2) is 0 Å². The van der Waals surface area contributed by atoms with Crippen LogP contribution in [0.4, 0.5) is 0 Å². The minimum Gasteiger partial charge on any atom is -0.491 e. The largest absolute Gasteiger partial charge is 0.491 e. The maximum atomic E-state index is 5.68. The number of benzene rings is 1.